The minimum atomic E-state index is -0.141. The summed E-state index contributed by atoms with van der Waals surface area (Å²) in [7, 11) is 0. The summed E-state index contributed by atoms with van der Waals surface area (Å²) in [6, 6.07) is 8.60. The van der Waals surface area contributed by atoms with Gasteiger partial charge in [0.1, 0.15) is 0 Å². The van der Waals surface area contributed by atoms with Gasteiger partial charge >= 0.3 is 0 Å². The Morgan fingerprint density at radius 3 is 2.93 bits per heavy atom. The Labute approximate surface area is 88.3 Å². The van der Waals surface area contributed by atoms with Gasteiger partial charge in [0.25, 0.3) is 0 Å². The van der Waals surface area contributed by atoms with Crippen LogP contribution in [-0.4, -0.2) is 21.0 Å². The van der Waals surface area contributed by atoms with Gasteiger partial charge in [-0.15, -0.1) is 0 Å². The summed E-state index contributed by atoms with van der Waals surface area (Å²) in [5, 5.41) is 15.1. The van der Waals surface area contributed by atoms with Gasteiger partial charge in [0.2, 0.25) is 0 Å². The van der Waals surface area contributed by atoms with Gasteiger partial charge < -0.3 is 5.11 Å². The maximum Gasteiger partial charge on any atom is 0.0685 e. The molecule has 1 aromatic heterocycles. The van der Waals surface area contributed by atoms with Crippen molar-refractivity contribution < 1.29 is 5.11 Å². The largest absolute Gasteiger partial charge is 0.393 e. The average Bonchev–Trinajstić information content (AvgIpc) is 2.83. The smallest absolute Gasteiger partial charge is 0.0685 e. The summed E-state index contributed by atoms with van der Waals surface area (Å²) >= 11 is 0. The molecule has 0 spiro atoms. The van der Waals surface area contributed by atoms with Crippen molar-refractivity contribution in [1.29, 1.82) is 0 Å². The molecule has 0 saturated heterocycles. The van der Waals surface area contributed by atoms with E-state index >= 15 is 0 Å². The molecule has 0 bridgehead atoms. The molecule has 1 heterocycles. The first-order valence-electron chi connectivity index (χ1n) is 5.45. The Morgan fingerprint density at radius 1 is 1.27 bits per heavy atom. The predicted octanol–water partition coefficient (Wildman–Crippen LogP) is 2.12. The lowest BCUT2D eigenvalue weighted by atomic mass is 10.2. The van der Waals surface area contributed by atoms with Gasteiger partial charge in [0.05, 0.1) is 23.9 Å². The third-order valence-electron chi connectivity index (χ3n) is 3.23. The summed E-state index contributed by atoms with van der Waals surface area (Å²) < 4.78 is 2.06. The van der Waals surface area contributed by atoms with Crippen LogP contribution < -0.4 is 0 Å². The molecule has 0 radical (unpaired) electrons. The second-order valence-corrected chi connectivity index (χ2v) is 4.27. The second kappa shape index (κ2) is 3.35. The van der Waals surface area contributed by atoms with Crippen LogP contribution in [0.1, 0.15) is 25.3 Å². The van der Waals surface area contributed by atoms with Crippen molar-refractivity contribution in [3.05, 3.63) is 30.5 Å². The third-order valence-corrected chi connectivity index (χ3v) is 3.23. The molecule has 1 saturated carbocycles. The third kappa shape index (κ3) is 1.43. The zero-order chi connectivity index (χ0) is 10.3. The van der Waals surface area contributed by atoms with E-state index in [1.807, 2.05) is 18.3 Å². The van der Waals surface area contributed by atoms with Gasteiger partial charge in [-0.3, -0.25) is 4.68 Å². The number of aliphatic hydroxyl groups is 1. The van der Waals surface area contributed by atoms with E-state index in [-0.39, 0.29) is 6.10 Å². The molecular weight excluding hydrogens is 188 g/mol. The van der Waals surface area contributed by atoms with E-state index in [0.29, 0.717) is 6.04 Å². The van der Waals surface area contributed by atoms with Gasteiger partial charge in [-0.2, -0.15) is 5.10 Å². The van der Waals surface area contributed by atoms with E-state index in [9.17, 15) is 5.11 Å². The molecule has 2 aromatic rings. The van der Waals surface area contributed by atoms with E-state index in [1.165, 1.54) is 10.9 Å². The van der Waals surface area contributed by atoms with Gasteiger partial charge in [0.15, 0.2) is 0 Å². The highest BCUT2D eigenvalue weighted by Gasteiger charge is 2.25. The Balaban J connectivity index is 2.04. The SMILES string of the molecule is OC1CCC(n2ncc3ccccc32)C1. The van der Waals surface area contributed by atoms with Gasteiger partial charge in [-0.05, 0) is 25.3 Å². The standard InChI is InChI=1S/C12H14N2O/c15-11-6-5-10(7-11)14-12-4-2-1-3-9(12)8-13-14/h1-4,8,10-11,15H,5-7H2. The molecule has 1 aliphatic carbocycles. The molecule has 15 heavy (non-hydrogen) atoms. The number of nitrogens with zero attached hydrogens (tertiary/aromatic N) is 2. The van der Waals surface area contributed by atoms with Crippen LogP contribution >= 0.6 is 0 Å². The van der Waals surface area contributed by atoms with Crippen molar-refractivity contribution in [2.24, 2.45) is 0 Å². The van der Waals surface area contributed by atoms with Crippen LogP contribution in [0.15, 0.2) is 30.5 Å². The molecular formula is C12H14N2O. The Hall–Kier alpha value is -1.35. The van der Waals surface area contributed by atoms with Crippen molar-refractivity contribution in [3.8, 4) is 0 Å². The van der Waals surface area contributed by atoms with Crippen LogP contribution in [0, 0.1) is 0 Å². The normalized spacial score (nSPS) is 26.2. The number of aromatic nitrogens is 2. The maximum absolute atomic E-state index is 9.53. The molecule has 1 N–H and O–H groups in total. The fourth-order valence-electron chi connectivity index (χ4n) is 2.44. The van der Waals surface area contributed by atoms with Crippen molar-refractivity contribution in [2.75, 3.05) is 0 Å². The molecule has 1 aliphatic rings. The summed E-state index contributed by atoms with van der Waals surface area (Å²) in [5.41, 5.74) is 1.18. The van der Waals surface area contributed by atoms with E-state index in [2.05, 4.69) is 21.9 Å². The van der Waals surface area contributed by atoms with Crippen molar-refractivity contribution in [1.82, 2.24) is 9.78 Å². The first-order valence-corrected chi connectivity index (χ1v) is 5.45. The number of para-hydroxylation sites is 1. The molecule has 0 aliphatic heterocycles. The minimum Gasteiger partial charge on any atom is -0.393 e. The molecule has 3 heteroatoms. The molecule has 1 aromatic carbocycles. The van der Waals surface area contributed by atoms with Crippen molar-refractivity contribution >= 4 is 10.9 Å². The molecule has 3 rings (SSSR count). The molecule has 2 atom stereocenters. The van der Waals surface area contributed by atoms with Gasteiger partial charge in [0, 0.05) is 5.39 Å². The monoisotopic (exact) mass is 202 g/mol. The van der Waals surface area contributed by atoms with E-state index in [1.54, 1.807) is 0 Å². The lowest BCUT2D eigenvalue weighted by Gasteiger charge is -2.11. The van der Waals surface area contributed by atoms with Crippen molar-refractivity contribution in [2.45, 2.75) is 31.4 Å². The number of rotatable bonds is 1. The zero-order valence-electron chi connectivity index (χ0n) is 8.50. The van der Waals surface area contributed by atoms with Crippen LogP contribution in [0.2, 0.25) is 0 Å². The van der Waals surface area contributed by atoms with Crippen LogP contribution in [0.4, 0.5) is 0 Å². The zero-order valence-corrected chi connectivity index (χ0v) is 8.50. The number of fused-ring (bicyclic) bond motifs is 1. The molecule has 3 nitrogen and oxygen atoms in total. The fraction of sp³-hybridized carbons (Fsp3) is 0.417. The molecule has 1 fully saturated rings. The first-order chi connectivity index (χ1) is 7.34. The highest BCUT2D eigenvalue weighted by Crippen LogP contribution is 2.31. The minimum absolute atomic E-state index is 0.141. The predicted molar refractivity (Wildman–Crippen MR) is 58.6 cm³/mol. The van der Waals surface area contributed by atoms with E-state index in [4.69, 9.17) is 0 Å². The molecule has 78 valence electrons. The summed E-state index contributed by atoms with van der Waals surface area (Å²) in [6.07, 6.45) is 4.54. The summed E-state index contributed by atoms with van der Waals surface area (Å²) in [5.74, 6) is 0. The Morgan fingerprint density at radius 2 is 2.13 bits per heavy atom. The molecule has 0 amide bonds. The highest BCUT2D eigenvalue weighted by molar-refractivity contribution is 5.78. The second-order valence-electron chi connectivity index (χ2n) is 4.27. The van der Waals surface area contributed by atoms with Gasteiger partial charge in [-0.1, -0.05) is 18.2 Å². The summed E-state index contributed by atoms with van der Waals surface area (Å²) in [4.78, 5) is 0. The van der Waals surface area contributed by atoms with Crippen molar-refractivity contribution in [3.63, 3.8) is 0 Å². The quantitative estimate of drug-likeness (QED) is 0.769. The van der Waals surface area contributed by atoms with Crippen LogP contribution in [0.3, 0.4) is 0 Å². The lowest BCUT2D eigenvalue weighted by molar-refractivity contribution is 0.177. The Kier molecular flexibility index (Phi) is 1.99. The lowest BCUT2D eigenvalue weighted by Crippen LogP contribution is -2.08. The topological polar surface area (TPSA) is 38.0 Å². The Bertz CT molecular complexity index is 477. The molecule has 2 unspecified atom stereocenters. The first kappa shape index (κ1) is 8.92. The van der Waals surface area contributed by atoms with E-state index in [0.717, 1.165) is 19.3 Å². The van der Waals surface area contributed by atoms with Crippen LogP contribution in [-0.2, 0) is 0 Å². The fourth-order valence-corrected chi connectivity index (χ4v) is 2.44. The maximum atomic E-state index is 9.53. The number of hydrogen-bond donors (Lipinski definition) is 1. The average molecular weight is 202 g/mol. The van der Waals surface area contributed by atoms with E-state index < -0.39 is 0 Å². The van der Waals surface area contributed by atoms with Gasteiger partial charge in [-0.25, -0.2) is 0 Å². The van der Waals surface area contributed by atoms with Crippen LogP contribution in [0.25, 0.3) is 10.9 Å². The highest BCUT2D eigenvalue weighted by atomic mass is 16.3. The number of hydrogen-bond acceptors (Lipinski definition) is 2. The number of benzene rings is 1. The van der Waals surface area contributed by atoms with Crippen LogP contribution in [0.5, 0.6) is 0 Å². The summed E-state index contributed by atoms with van der Waals surface area (Å²) in [6.45, 7) is 0. The number of aliphatic hydroxyl groups excluding tert-OH is 1.